The number of rotatable bonds is 6. The first-order valence-electron chi connectivity index (χ1n) is 7.84. The first kappa shape index (κ1) is 15.7. The summed E-state index contributed by atoms with van der Waals surface area (Å²) in [6.07, 6.45) is 3.52. The third kappa shape index (κ3) is 3.27. The van der Waals surface area contributed by atoms with Crippen LogP contribution in [0.3, 0.4) is 0 Å². The first-order valence-corrected chi connectivity index (χ1v) is 7.84. The highest BCUT2D eigenvalue weighted by atomic mass is 19.1. The number of hydrogen-bond donors (Lipinski definition) is 1. The molecule has 1 N–H and O–H groups in total. The number of hydrogen-bond acceptors (Lipinski definition) is 3. The van der Waals surface area contributed by atoms with E-state index < -0.39 is 0 Å². The SMILES string of the molecule is COCCCNC(=O)c1nn(-c2ccc(F)cc2)c2c1CCC2. The molecule has 0 unspecified atom stereocenters. The molecule has 6 heteroatoms. The van der Waals surface area contributed by atoms with E-state index in [0.29, 0.717) is 18.8 Å². The van der Waals surface area contributed by atoms with Crippen molar-refractivity contribution >= 4 is 5.91 Å². The molecule has 0 aliphatic heterocycles. The Balaban J connectivity index is 1.83. The highest BCUT2D eigenvalue weighted by molar-refractivity contribution is 5.94. The number of benzene rings is 1. The Morgan fingerprint density at radius 1 is 1.35 bits per heavy atom. The van der Waals surface area contributed by atoms with Gasteiger partial charge in [-0.15, -0.1) is 0 Å². The van der Waals surface area contributed by atoms with Gasteiger partial charge in [-0.1, -0.05) is 0 Å². The summed E-state index contributed by atoms with van der Waals surface area (Å²) in [5, 5.41) is 7.36. The van der Waals surface area contributed by atoms with Crippen molar-refractivity contribution in [2.75, 3.05) is 20.3 Å². The summed E-state index contributed by atoms with van der Waals surface area (Å²) in [5.74, 6) is -0.436. The summed E-state index contributed by atoms with van der Waals surface area (Å²) in [6.45, 7) is 1.17. The molecule has 1 aromatic heterocycles. The van der Waals surface area contributed by atoms with Crippen molar-refractivity contribution in [3.05, 3.63) is 47.0 Å². The molecule has 0 spiro atoms. The maximum atomic E-state index is 13.1. The third-order valence-electron chi connectivity index (χ3n) is 4.03. The minimum Gasteiger partial charge on any atom is -0.385 e. The van der Waals surface area contributed by atoms with E-state index in [9.17, 15) is 9.18 Å². The van der Waals surface area contributed by atoms with Crippen LogP contribution < -0.4 is 5.32 Å². The maximum absolute atomic E-state index is 13.1. The molecule has 2 aromatic rings. The molecule has 1 aromatic carbocycles. The molecular weight excluding hydrogens is 297 g/mol. The lowest BCUT2D eigenvalue weighted by Crippen LogP contribution is -2.26. The van der Waals surface area contributed by atoms with Crippen molar-refractivity contribution in [3.8, 4) is 5.69 Å². The highest BCUT2D eigenvalue weighted by Gasteiger charge is 2.26. The van der Waals surface area contributed by atoms with Gasteiger partial charge in [-0.25, -0.2) is 9.07 Å². The molecule has 0 saturated heterocycles. The summed E-state index contributed by atoms with van der Waals surface area (Å²) < 4.78 is 19.9. The smallest absolute Gasteiger partial charge is 0.272 e. The second-order valence-corrected chi connectivity index (χ2v) is 5.62. The lowest BCUT2D eigenvalue weighted by atomic mass is 10.2. The van der Waals surface area contributed by atoms with E-state index >= 15 is 0 Å². The van der Waals surface area contributed by atoms with Gasteiger partial charge in [0.05, 0.1) is 5.69 Å². The fraction of sp³-hybridized carbons (Fsp3) is 0.412. The Hall–Kier alpha value is -2.21. The van der Waals surface area contributed by atoms with Gasteiger partial charge in [0.15, 0.2) is 5.69 Å². The quantitative estimate of drug-likeness (QED) is 0.832. The molecule has 1 aliphatic carbocycles. The van der Waals surface area contributed by atoms with Gasteiger partial charge in [0, 0.05) is 31.5 Å². The summed E-state index contributed by atoms with van der Waals surface area (Å²) in [6, 6.07) is 6.17. The van der Waals surface area contributed by atoms with E-state index in [1.165, 1.54) is 12.1 Å². The zero-order valence-corrected chi connectivity index (χ0v) is 13.1. The van der Waals surface area contributed by atoms with Crippen molar-refractivity contribution in [2.45, 2.75) is 25.7 Å². The van der Waals surface area contributed by atoms with Crippen molar-refractivity contribution in [3.63, 3.8) is 0 Å². The molecule has 1 heterocycles. The second kappa shape index (κ2) is 6.91. The number of halogens is 1. The summed E-state index contributed by atoms with van der Waals surface area (Å²) in [4.78, 5) is 12.4. The van der Waals surface area contributed by atoms with E-state index in [-0.39, 0.29) is 11.7 Å². The van der Waals surface area contributed by atoms with Crippen LogP contribution in [0.5, 0.6) is 0 Å². The normalized spacial score (nSPS) is 13.1. The van der Waals surface area contributed by atoms with Crippen LogP contribution >= 0.6 is 0 Å². The Morgan fingerprint density at radius 3 is 2.87 bits per heavy atom. The van der Waals surface area contributed by atoms with E-state index in [1.54, 1.807) is 23.9 Å². The number of aromatic nitrogens is 2. The van der Waals surface area contributed by atoms with Gasteiger partial charge in [-0.3, -0.25) is 4.79 Å². The monoisotopic (exact) mass is 317 g/mol. The van der Waals surface area contributed by atoms with E-state index in [2.05, 4.69) is 10.4 Å². The van der Waals surface area contributed by atoms with Crippen molar-refractivity contribution in [1.82, 2.24) is 15.1 Å². The fourth-order valence-electron chi connectivity index (χ4n) is 2.92. The first-order chi connectivity index (χ1) is 11.2. The topological polar surface area (TPSA) is 56.1 Å². The Kier molecular flexibility index (Phi) is 4.71. The minimum atomic E-state index is -0.284. The van der Waals surface area contributed by atoms with Crippen LogP contribution in [-0.4, -0.2) is 35.9 Å². The molecule has 0 saturated carbocycles. The number of amides is 1. The van der Waals surface area contributed by atoms with E-state index in [0.717, 1.165) is 42.6 Å². The molecule has 3 rings (SSSR count). The van der Waals surface area contributed by atoms with Gasteiger partial charge in [-0.2, -0.15) is 5.10 Å². The molecule has 5 nitrogen and oxygen atoms in total. The molecule has 122 valence electrons. The summed E-state index contributed by atoms with van der Waals surface area (Å²) in [7, 11) is 1.64. The molecule has 0 atom stereocenters. The van der Waals surface area contributed by atoms with Crippen molar-refractivity contribution in [1.29, 1.82) is 0 Å². The predicted molar refractivity (Wildman–Crippen MR) is 84.4 cm³/mol. The van der Waals surface area contributed by atoms with Crippen LogP contribution in [0.2, 0.25) is 0 Å². The molecule has 0 fully saturated rings. The van der Waals surface area contributed by atoms with Crippen LogP contribution in [0, 0.1) is 5.82 Å². The van der Waals surface area contributed by atoms with Gasteiger partial charge in [0.1, 0.15) is 5.82 Å². The lowest BCUT2D eigenvalue weighted by Gasteiger charge is -2.05. The second-order valence-electron chi connectivity index (χ2n) is 5.62. The number of carbonyl (C=O) groups excluding carboxylic acids is 1. The van der Waals surface area contributed by atoms with Crippen LogP contribution in [0.4, 0.5) is 4.39 Å². The lowest BCUT2D eigenvalue weighted by molar-refractivity contribution is 0.0942. The van der Waals surface area contributed by atoms with Crippen LogP contribution in [0.15, 0.2) is 24.3 Å². The Labute approximate surface area is 134 Å². The number of carbonyl (C=O) groups is 1. The van der Waals surface area contributed by atoms with Gasteiger partial charge in [-0.05, 0) is 49.9 Å². The van der Waals surface area contributed by atoms with Gasteiger partial charge >= 0.3 is 0 Å². The number of nitrogens with zero attached hydrogens (tertiary/aromatic N) is 2. The van der Waals surface area contributed by atoms with Crippen LogP contribution in [0.1, 0.15) is 34.6 Å². The number of nitrogens with one attached hydrogen (secondary N) is 1. The predicted octanol–water partition coefficient (Wildman–Crippen LogP) is 2.27. The molecule has 23 heavy (non-hydrogen) atoms. The van der Waals surface area contributed by atoms with Gasteiger partial charge < -0.3 is 10.1 Å². The van der Waals surface area contributed by atoms with Gasteiger partial charge in [0.2, 0.25) is 0 Å². The zero-order valence-electron chi connectivity index (χ0n) is 13.1. The van der Waals surface area contributed by atoms with Crippen LogP contribution in [0.25, 0.3) is 5.69 Å². The largest absolute Gasteiger partial charge is 0.385 e. The number of ether oxygens (including phenoxy) is 1. The highest BCUT2D eigenvalue weighted by Crippen LogP contribution is 2.27. The fourth-order valence-corrected chi connectivity index (χ4v) is 2.92. The molecular formula is C17H20FN3O2. The Bertz CT molecular complexity index is 695. The van der Waals surface area contributed by atoms with Gasteiger partial charge in [0.25, 0.3) is 5.91 Å². The zero-order chi connectivity index (χ0) is 16.2. The molecule has 0 bridgehead atoms. The summed E-state index contributed by atoms with van der Waals surface area (Å²) >= 11 is 0. The van der Waals surface area contributed by atoms with Crippen LogP contribution in [-0.2, 0) is 17.6 Å². The van der Waals surface area contributed by atoms with Crippen molar-refractivity contribution in [2.24, 2.45) is 0 Å². The number of fused-ring (bicyclic) bond motifs is 1. The minimum absolute atomic E-state index is 0.153. The molecule has 1 aliphatic rings. The summed E-state index contributed by atoms with van der Waals surface area (Å²) in [5.41, 5.74) is 3.33. The van der Waals surface area contributed by atoms with Crippen molar-refractivity contribution < 1.29 is 13.9 Å². The standard InChI is InChI=1S/C17H20FN3O2/c1-23-11-3-10-19-17(22)16-14-4-2-5-15(14)21(20-16)13-8-6-12(18)7-9-13/h6-9H,2-5,10-11H2,1H3,(H,19,22). The maximum Gasteiger partial charge on any atom is 0.272 e. The average Bonchev–Trinajstić information content (AvgIpc) is 3.14. The average molecular weight is 317 g/mol. The molecule has 1 amide bonds. The van der Waals surface area contributed by atoms with E-state index in [1.807, 2.05) is 0 Å². The number of methoxy groups -OCH3 is 1. The Morgan fingerprint density at radius 2 is 2.13 bits per heavy atom. The molecule has 0 radical (unpaired) electrons. The van der Waals surface area contributed by atoms with E-state index in [4.69, 9.17) is 4.74 Å². The third-order valence-corrected chi connectivity index (χ3v) is 4.03.